The van der Waals surface area contributed by atoms with Crippen molar-refractivity contribution in [1.82, 2.24) is 19.5 Å². The standard InChI is InChI=1S/C20H22F3N5O2S/c1-11(2)16-18-25-14-6-5-13(31(4,29)30)9-15(14)27(18)7-8-28(16)19-24-10-12(3)17(26-19)20(21,22)23/h5-6,9-11,16H,7-8H2,1-4H3. The van der Waals surface area contributed by atoms with E-state index in [1.54, 1.807) is 17.0 Å². The zero-order chi connectivity index (χ0) is 22.7. The first-order valence-corrected chi connectivity index (χ1v) is 11.6. The van der Waals surface area contributed by atoms with Gasteiger partial charge >= 0.3 is 6.18 Å². The van der Waals surface area contributed by atoms with E-state index in [0.717, 1.165) is 6.26 Å². The Bertz CT molecular complexity index is 1270. The molecule has 2 aromatic heterocycles. The van der Waals surface area contributed by atoms with Gasteiger partial charge in [-0.1, -0.05) is 13.8 Å². The molecule has 1 aromatic carbocycles. The minimum atomic E-state index is -4.57. The fraction of sp³-hybridized carbons (Fsp3) is 0.450. The number of anilines is 1. The minimum Gasteiger partial charge on any atom is -0.329 e. The van der Waals surface area contributed by atoms with Gasteiger partial charge in [-0.05, 0) is 36.6 Å². The molecule has 0 N–H and O–H groups in total. The largest absolute Gasteiger partial charge is 0.433 e. The van der Waals surface area contributed by atoms with Crippen LogP contribution in [0.1, 0.15) is 37.0 Å². The summed E-state index contributed by atoms with van der Waals surface area (Å²) in [6, 6.07) is 4.39. The molecule has 0 aliphatic carbocycles. The highest BCUT2D eigenvalue weighted by atomic mass is 32.2. The van der Waals surface area contributed by atoms with Gasteiger partial charge in [0.15, 0.2) is 15.5 Å². The Morgan fingerprint density at radius 3 is 2.48 bits per heavy atom. The van der Waals surface area contributed by atoms with Crippen LogP contribution in [0, 0.1) is 12.8 Å². The van der Waals surface area contributed by atoms with Gasteiger partial charge in [0.1, 0.15) is 5.82 Å². The van der Waals surface area contributed by atoms with E-state index < -0.39 is 21.7 Å². The van der Waals surface area contributed by atoms with E-state index in [1.807, 2.05) is 18.4 Å². The summed E-state index contributed by atoms with van der Waals surface area (Å²) in [6.45, 7) is 6.02. The Kier molecular flexibility index (Phi) is 4.99. The van der Waals surface area contributed by atoms with Crippen LogP contribution in [0.25, 0.3) is 11.0 Å². The lowest BCUT2D eigenvalue weighted by Crippen LogP contribution is -2.42. The molecule has 166 valence electrons. The number of imidazole rings is 1. The van der Waals surface area contributed by atoms with Crippen LogP contribution in [0.4, 0.5) is 19.1 Å². The summed E-state index contributed by atoms with van der Waals surface area (Å²) in [5, 5.41) is 0. The highest BCUT2D eigenvalue weighted by molar-refractivity contribution is 7.90. The molecule has 0 spiro atoms. The lowest BCUT2D eigenvalue weighted by atomic mass is 10.00. The molecule has 3 aromatic rings. The molecule has 1 aliphatic rings. The first-order valence-electron chi connectivity index (χ1n) is 9.75. The fourth-order valence-electron chi connectivity index (χ4n) is 4.04. The average Bonchev–Trinajstić information content (AvgIpc) is 3.03. The van der Waals surface area contributed by atoms with Crippen molar-refractivity contribution in [3.8, 4) is 0 Å². The molecule has 4 rings (SSSR count). The number of fused-ring (bicyclic) bond motifs is 3. The van der Waals surface area contributed by atoms with Crippen LogP contribution in [0.3, 0.4) is 0 Å². The number of hydrogen-bond acceptors (Lipinski definition) is 6. The van der Waals surface area contributed by atoms with E-state index in [1.165, 1.54) is 19.2 Å². The Morgan fingerprint density at radius 1 is 1.16 bits per heavy atom. The summed E-state index contributed by atoms with van der Waals surface area (Å²) < 4.78 is 66.0. The number of benzene rings is 1. The Labute approximate surface area is 177 Å². The second-order valence-electron chi connectivity index (χ2n) is 8.13. The third kappa shape index (κ3) is 3.75. The van der Waals surface area contributed by atoms with E-state index in [9.17, 15) is 21.6 Å². The average molecular weight is 453 g/mol. The summed E-state index contributed by atoms with van der Waals surface area (Å²) in [4.78, 5) is 14.7. The second kappa shape index (κ2) is 7.18. The smallest absolute Gasteiger partial charge is 0.329 e. The molecule has 1 aliphatic heterocycles. The van der Waals surface area contributed by atoms with Gasteiger partial charge in [0, 0.05) is 25.5 Å². The molecule has 3 heterocycles. The van der Waals surface area contributed by atoms with Crippen molar-refractivity contribution < 1.29 is 21.6 Å². The minimum absolute atomic E-state index is 0.00626. The SMILES string of the molecule is Cc1cnc(N2CCn3c(nc4ccc(S(C)(=O)=O)cc43)C2C(C)C)nc1C(F)(F)F. The number of hydrogen-bond donors (Lipinski definition) is 0. The zero-order valence-electron chi connectivity index (χ0n) is 17.5. The highest BCUT2D eigenvalue weighted by Crippen LogP contribution is 2.38. The van der Waals surface area contributed by atoms with Gasteiger partial charge in [-0.2, -0.15) is 13.2 Å². The van der Waals surface area contributed by atoms with Gasteiger partial charge in [0.25, 0.3) is 0 Å². The van der Waals surface area contributed by atoms with Crippen LogP contribution in [0.5, 0.6) is 0 Å². The summed E-state index contributed by atoms with van der Waals surface area (Å²) in [5.74, 6) is 0.649. The lowest BCUT2D eigenvalue weighted by molar-refractivity contribution is -0.141. The first-order chi connectivity index (χ1) is 14.4. The van der Waals surface area contributed by atoms with Crippen LogP contribution >= 0.6 is 0 Å². The third-order valence-corrected chi connectivity index (χ3v) is 6.57. The van der Waals surface area contributed by atoms with E-state index in [2.05, 4.69) is 9.97 Å². The van der Waals surface area contributed by atoms with Gasteiger partial charge in [-0.15, -0.1) is 0 Å². The summed E-state index contributed by atoms with van der Waals surface area (Å²) in [6.07, 6.45) is -2.23. The molecular formula is C20H22F3N5O2S. The number of rotatable bonds is 3. The third-order valence-electron chi connectivity index (χ3n) is 5.46. The number of alkyl halides is 3. The van der Waals surface area contributed by atoms with E-state index in [-0.39, 0.29) is 28.4 Å². The monoisotopic (exact) mass is 453 g/mol. The zero-order valence-corrected chi connectivity index (χ0v) is 18.3. The molecule has 1 atom stereocenters. The van der Waals surface area contributed by atoms with Crippen molar-refractivity contribution in [3.63, 3.8) is 0 Å². The van der Waals surface area contributed by atoms with Crippen molar-refractivity contribution in [2.75, 3.05) is 17.7 Å². The van der Waals surface area contributed by atoms with Crippen molar-refractivity contribution in [2.24, 2.45) is 5.92 Å². The maximum atomic E-state index is 13.4. The van der Waals surface area contributed by atoms with Crippen molar-refractivity contribution in [1.29, 1.82) is 0 Å². The molecular weight excluding hydrogens is 431 g/mol. The molecule has 1 unspecified atom stereocenters. The summed E-state index contributed by atoms with van der Waals surface area (Å²) in [5.41, 5.74) is 0.339. The molecule has 7 nitrogen and oxygen atoms in total. The highest BCUT2D eigenvalue weighted by Gasteiger charge is 2.38. The molecule has 0 fully saturated rings. The Hall–Kier alpha value is -2.69. The number of halogens is 3. The Morgan fingerprint density at radius 2 is 1.87 bits per heavy atom. The molecule has 0 saturated carbocycles. The predicted molar refractivity (Wildman–Crippen MR) is 110 cm³/mol. The molecule has 11 heteroatoms. The van der Waals surface area contributed by atoms with Crippen LogP contribution in [-0.2, 0) is 22.6 Å². The van der Waals surface area contributed by atoms with Crippen LogP contribution in [0.15, 0.2) is 29.3 Å². The molecule has 0 amide bonds. The lowest BCUT2D eigenvalue weighted by Gasteiger charge is -2.38. The predicted octanol–water partition coefficient (Wildman–Crippen LogP) is 3.77. The summed E-state index contributed by atoms with van der Waals surface area (Å²) in [7, 11) is -3.38. The number of nitrogens with zero attached hydrogens (tertiary/aromatic N) is 5. The van der Waals surface area contributed by atoms with Gasteiger partial charge in [0.2, 0.25) is 5.95 Å². The van der Waals surface area contributed by atoms with Crippen LogP contribution < -0.4 is 4.90 Å². The number of aryl methyl sites for hydroxylation is 1. The van der Waals surface area contributed by atoms with Gasteiger partial charge in [-0.25, -0.2) is 23.4 Å². The molecule has 0 bridgehead atoms. The number of sulfone groups is 1. The molecule has 0 radical (unpaired) electrons. The van der Waals surface area contributed by atoms with Crippen molar-refractivity contribution in [2.45, 2.75) is 44.4 Å². The molecule has 0 saturated heterocycles. The fourth-order valence-corrected chi connectivity index (χ4v) is 4.68. The van der Waals surface area contributed by atoms with E-state index in [4.69, 9.17) is 4.98 Å². The maximum absolute atomic E-state index is 13.4. The maximum Gasteiger partial charge on any atom is 0.433 e. The Balaban J connectivity index is 1.84. The van der Waals surface area contributed by atoms with Crippen molar-refractivity contribution in [3.05, 3.63) is 41.5 Å². The second-order valence-corrected chi connectivity index (χ2v) is 10.1. The van der Waals surface area contributed by atoms with Gasteiger partial charge < -0.3 is 9.47 Å². The normalized spacial score (nSPS) is 17.4. The van der Waals surface area contributed by atoms with E-state index in [0.29, 0.717) is 29.9 Å². The van der Waals surface area contributed by atoms with Gasteiger partial charge in [-0.3, -0.25) is 0 Å². The number of aromatic nitrogens is 4. The summed E-state index contributed by atoms with van der Waals surface area (Å²) >= 11 is 0. The molecule has 31 heavy (non-hydrogen) atoms. The topological polar surface area (TPSA) is 81.0 Å². The first kappa shape index (κ1) is 21.5. The van der Waals surface area contributed by atoms with E-state index >= 15 is 0 Å². The van der Waals surface area contributed by atoms with Crippen LogP contribution in [0.2, 0.25) is 0 Å². The quantitative estimate of drug-likeness (QED) is 0.601. The van der Waals surface area contributed by atoms with Crippen LogP contribution in [-0.4, -0.2) is 40.7 Å². The van der Waals surface area contributed by atoms with Crippen molar-refractivity contribution >= 4 is 26.8 Å². The van der Waals surface area contributed by atoms with Gasteiger partial charge in [0.05, 0.1) is 22.0 Å².